The molecule has 0 aliphatic carbocycles. The molecule has 6 nitrogen and oxygen atoms in total. The molecule has 7 heteroatoms. The molecule has 1 amide bonds. The van der Waals surface area contributed by atoms with E-state index in [1.807, 2.05) is 0 Å². The van der Waals surface area contributed by atoms with E-state index in [0.29, 0.717) is 23.0 Å². The molecule has 2 fully saturated rings. The molecule has 3 heterocycles. The summed E-state index contributed by atoms with van der Waals surface area (Å²) < 4.78 is 18.7. The van der Waals surface area contributed by atoms with Crippen molar-refractivity contribution in [3.63, 3.8) is 0 Å². The Kier molecular flexibility index (Phi) is 4.20. The van der Waals surface area contributed by atoms with Gasteiger partial charge in [0, 0.05) is 19.3 Å². The molecule has 0 radical (unpaired) electrons. The highest BCUT2D eigenvalue weighted by Gasteiger charge is 2.36. The van der Waals surface area contributed by atoms with E-state index in [2.05, 4.69) is 20.2 Å². The van der Waals surface area contributed by atoms with Crippen LogP contribution in [0.15, 0.2) is 18.2 Å². The average Bonchev–Trinajstić information content (AvgIpc) is 3.21. The van der Waals surface area contributed by atoms with Gasteiger partial charge in [-0.25, -0.2) is 9.37 Å². The van der Waals surface area contributed by atoms with Crippen molar-refractivity contribution in [3.05, 3.63) is 24.0 Å². The monoisotopic (exact) mass is 332 g/mol. The number of anilines is 1. The van der Waals surface area contributed by atoms with Crippen LogP contribution in [0.5, 0.6) is 0 Å². The first kappa shape index (κ1) is 15.5. The number of ether oxygens (including phenoxy) is 1. The van der Waals surface area contributed by atoms with Crippen molar-refractivity contribution in [2.24, 2.45) is 0 Å². The van der Waals surface area contributed by atoms with Crippen molar-refractivity contribution in [1.82, 2.24) is 14.9 Å². The Bertz CT molecular complexity index is 741. The summed E-state index contributed by atoms with van der Waals surface area (Å²) in [5.41, 5.74) is 1.22. The van der Waals surface area contributed by atoms with Gasteiger partial charge in [-0.3, -0.25) is 15.0 Å². The number of hydrogen-bond acceptors (Lipinski definition) is 4. The van der Waals surface area contributed by atoms with Gasteiger partial charge in [0.1, 0.15) is 5.82 Å². The standard InChI is InChI=1S/C17H21FN4O2/c18-11-3-4-13-14(10-11)20-17(19-13)21-16(23)15-2-1-7-22(15)12-5-8-24-9-6-12/h3-4,10,12,15H,1-2,5-9H2,(H2,19,20,21,23). The van der Waals surface area contributed by atoms with Gasteiger partial charge in [-0.15, -0.1) is 0 Å². The molecule has 2 saturated heterocycles. The molecule has 2 N–H and O–H groups in total. The van der Waals surface area contributed by atoms with Gasteiger partial charge < -0.3 is 9.72 Å². The van der Waals surface area contributed by atoms with Gasteiger partial charge in [0.2, 0.25) is 11.9 Å². The maximum absolute atomic E-state index is 13.3. The summed E-state index contributed by atoms with van der Waals surface area (Å²) in [6.45, 7) is 2.49. The zero-order valence-electron chi connectivity index (χ0n) is 13.4. The average molecular weight is 332 g/mol. The van der Waals surface area contributed by atoms with Gasteiger partial charge in [0.15, 0.2) is 0 Å². The molecule has 0 bridgehead atoms. The molecule has 0 spiro atoms. The first-order chi connectivity index (χ1) is 11.7. The first-order valence-electron chi connectivity index (χ1n) is 8.50. The third-order valence-corrected chi connectivity index (χ3v) is 4.94. The third-order valence-electron chi connectivity index (χ3n) is 4.94. The Hall–Kier alpha value is -1.99. The normalized spacial score (nSPS) is 23.0. The van der Waals surface area contributed by atoms with Gasteiger partial charge in [-0.05, 0) is 50.4 Å². The number of nitrogens with zero attached hydrogens (tertiary/aromatic N) is 2. The molecule has 2 aliphatic rings. The Labute approximate surface area is 139 Å². The van der Waals surface area contributed by atoms with Crippen molar-refractivity contribution in [3.8, 4) is 0 Å². The van der Waals surface area contributed by atoms with Gasteiger partial charge in [-0.1, -0.05) is 0 Å². The summed E-state index contributed by atoms with van der Waals surface area (Å²) in [5.74, 6) is 0.00320. The Morgan fingerprint density at radius 1 is 1.33 bits per heavy atom. The van der Waals surface area contributed by atoms with Crippen molar-refractivity contribution in [2.45, 2.75) is 37.8 Å². The van der Waals surface area contributed by atoms with Crippen LogP contribution in [0.25, 0.3) is 11.0 Å². The van der Waals surface area contributed by atoms with Crippen LogP contribution in [0.4, 0.5) is 10.3 Å². The minimum Gasteiger partial charge on any atom is -0.381 e. The maximum Gasteiger partial charge on any atom is 0.244 e. The molecule has 0 saturated carbocycles. The Morgan fingerprint density at radius 3 is 3.00 bits per heavy atom. The number of benzene rings is 1. The molecular weight excluding hydrogens is 311 g/mol. The predicted octanol–water partition coefficient (Wildman–Crippen LogP) is 2.28. The van der Waals surface area contributed by atoms with Crippen molar-refractivity contribution in [2.75, 3.05) is 25.1 Å². The SMILES string of the molecule is O=C(Nc1nc2ccc(F)cc2[nH]1)C1CCCN1C1CCOCC1. The van der Waals surface area contributed by atoms with Crippen LogP contribution in [0.1, 0.15) is 25.7 Å². The van der Waals surface area contributed by atoms with Gasteiger partial charge in [-0.2, -0.15) is 0 Å². The molecule has 1 aromatic heterocycles. The zero-order valence-corrected chi connectivity index (χ0v) is 13.4. The van der Waals surface area contributed by atoms with Crippen LogP contribution in [0, 0.1) is 5.82 Å². The minimum atomic E-state index is -0.328. The van der Waals surface area contributed by atoms with Gasteiger partial charge in [0.25, 0.3) is 0 Å². The lowest BCUT2D eigenvalue weighted by molar-refractivity contribution is -0.121. The topological polar surface area (TPSA) is 70.2 Å². The highest BCUT2D eigenvalue weighted by atomic mass is 19.1. The number of likely N-dealkylation sites (tertiary alicyclic amines) is 1. The number of halogens is 1. The lowest BCUT2D eigenvalue weighted by Gasteiger charge is -2.34. The maximum atomic E-state index is 13.3. The van der Waals surface area contributed by atoms with Crippen LogP contribution in [-0.2, 0) is 9.53 Å². The smallest absolute Gasteiger partial charge is 0.244 e. The molecule has 1 unspecified atom stereocenters. The molecule has 4 rings (SSSR count). The second-order valence-electron chi connectivity index (χ2n) is 6.48. The number of hydrogen-bond donors (Lipinski definition) is 2. The summed E-state index contributed by atoms with van der Waals surface area (Å²) in [5, 5.41) is 2.86. The molecular formula is C17H21FN4O2. The molecule has 2 aromatic rings. The summed E-state index contributed by atoms with van der Waals surface area (Å²) in [6, 6.07) is 4.63. The summed E-state index contributed by atoms with van der Waals surface area (Å²) in [4.78, 5) is 22.3. The van der Waals surface area contributed by atoms with E-state index in [4.69, 9.17) is 4.74 Å². The van der Waals surface area contributed by atoms with E-state index in [0.717, 1.165) is 45.4 Å². The van der Waals surface area contributed by atoms with Gasteiger partial charge in [0.05, 0.1) is 17.1 Å². The third kappa shape index (κ3) is 3.01. The number of H-pyrrole nitrogens is 1. The largest absolute Gasteiger partial charge is 0.381 e. The number of aromatic nitrogens is 2. The number of nitrogens with one attached hydrogen (secondary N) is 2. The van der Waals surface area contributed by atoms with E-state index in [1.54, 1.807) is 6.07 Å². The van der Waals surface area contributed by atoms with Crippen LogP contribution in [-0.4, -0.2) is 52.6 Å². The first-order valence-corrected chi connectivity index (χ1v) is 8.50. The fourth-order valence-corrected chi connectivity index (χ4v) is 3.77. The summed E-state index contributed by atoms with van der Waals surface area (Å²) in [6.07, 6.45) is 3.85. The predicted molar refractivity (Wildman–Crippen MR) is 88.3 cm³/mol. The van der Waals surface area contributed by atoms with Crippen molar-refractivity contribution in [1.29, 1.82) is 0 Å². The van der Waals surface area contributed by atoms with E-state index in [-0.39, 0.29) is 17.8 Å². The Morgan fingerprint density at radius 2 is 2.17 bits per heavy atom. The van der Waals surface area contributed by atoms with Crippen LogP contribution < -0.4 is 5.32 Å². The van der Waals surface area contributed by atoms with E-state index in [9.17, 15) is 9.18 Å². The van der Waals surface area contributed by atoms with Crippen molar-refractivity contribution >= 4 is 22.9 Å². The van der Waals surface area contributed by atoms with E-state index in [1.165, 1.54) is 12.1 Å². The van der Waals surface area contributed by atoms with Gasteiger partial charge >= 0.3 is 0 Å². The number of carbonyl (C=O) groups is 1. The fraction of sp³-hybridized carbons (Fsp3) is 0.529. The second kappa shape index (κ2) is 6.49. The summed E-state index contributed by atoms with van der Waals surface area (Å²) >= 11 is 0. The highest BCUT2D eigenvalue weighted by Crippen LogP contribution is 2.26. The number of imidazole rings is 1. The second-order valence-corrected chi connectivity index (χ2v) is 6.48. The molecule has 24 heavy (non-hydrogen) atoms. The van der Waals surface area contributed by atoms with E-state index < -0.39 is 0 Å². The molecule has 128 valence electrons. The van der Waals surface area contributed by atoms with E-state index >= 15 is 0 Å². The molecule has 1 aromatic carbocycles. The van der Waals surface area contributed by atoms with Crippen LogP contribution in [0.3, 0.4) is 0 Å². The number of fused-ring (bicyclic) bond motifs is 1. The summed E-state index contributed by atoms with van der Waals surface area (Å²) in [7, 11) is 0. The lowest BCUT2D eigenvalue weighted by atomic mass is 10.1. The fourth-order valence-electron chi connectivity index (χ4n) is 3.77. The molecule has 2 aliphatic heterocycles. The Balaban J connectivity index is 1.47. The molecule has 1 atom stereocenters. The van der Waals surface area contributed by atoms with Crippen LogP contribution in [0.2, 0.25) is 0 Å². The minimum absolute atomic E-state index is 0.0430. The number of amides is 1. The lowest BCUT2D eigenvalue weighted by Crippen LogP contribution is -2.47. The quantitative estimate of drug-likeness (QED) is 0.905. The zero-order chi connectivity index (χ0) is 16.5. The number of rotatable bonds is 3. The van der Waals surface area contributed by atoms with Crippen molar-refractivity contribution < 1.29 is 13.9 Å². The van der Waals surface area contributed by atoms with Crippen LogP contribution >= 0.6 is 0 Å². The number of aromatic amines is 1. The number of carbonyl (C=O) groups excluding carboxylic acids is 1. The highest BCUT2D eigenvalue weighted by molar-refractivity contribution is 5.95.